The van der Waals surface area contributed by atoms with Crippen LogP contribution in [0.3, 0.4) is 0 Å². The summed E-state index contributed by atoms with van der Waals surface area (Å²) in [7, 11) is 0. The molecule has 0 radical (unpaired) electrons. The molecule has 0 unspecified atom stereocenters. The second kappa shape index (κ2) is 6.27. The van der Waals surface area contributed by atoms with Gasteiger partial charge in [0.1, 0.15) is 6.61 Å². The van der Waals surface area contributed by atoms with Gasteiger partial charge in [-0.1, -0.05) is 54.5 Å². The molecule has 0 aliphatic rings. The van der Waals surface area contributed by atoms with Crippen molar-refractivity contribution < 1.29 is 4.74 Å². The molecule has 0 atom stereocenters. The molecule has 2 heteroatoms. The second-order valence-electron chi connectivity index (χ2n) is 3.72. The molecular weight excluding hydrogens is 222 g/mol. The lowest BCUT2D eigenvalue weighted by molar-refractivity contribution is 0.294. The minimum Gasteiger partial charge on any atom is -0.467 e. The van der Waals surface area contributed by atoms with Gasteiger partial charge in [0, 0.05) is 5.56 Å². The highest BCUT2D eigenvalue weighted by Gasteiger charge is 1.94. The molecule has 0 spiro atoms. The van der Waals surface area contributed by atoms with E-state index in [1.165, 1.54) is 0 Å². The lowest BCUT2D eigenvalue weighted by Crippen LogP contribution is -2.00. The number of nitrogens with one attached hydrogen (secondary N) is 1. The van der Waals surface area contributed by atoms with Gasteiger partial charge >= 0.3 is 0 Å². The predicted octanol–water partition coefficient (Wildman–Crippen LogP) is 3.23. The third kappa shape index (κ3) is 3.80. The summed E-state index contributed by atoms with van der Waals surface area (Å²) < 4.78 is 5.26. The van der Waals surface area contributed by atoms with E-state index in [2.05, 4.69) is 11.8 Å². The molecule has 0 aliphatic carbocycles. The van der Waals surface area contributed by atoms with Crippen LogP contribution in [0.2, 0.25) is 0 Å². The average molecular weight is 235 g/mol. The summed E-state index contributed by atoms with van der Waals surface area (Å²) >= 11 is 0. The summed E-state index contributed by atoms with van der Waals surface area (Å²) in [4.78, 5) is 0. The highest BCUT2D eigenvalue weighted by Crippen LogP contribution is 2.00. The minimum absolute atomic E-state index is 0.0114. The molecule has 1 N–H and O–H groups in total. The van der Waals surface area contributed by atoms with Crippen LogP contribution < -0.4 is 0 Å². The topological polar surface area (TPSA) is 33.1 Å². The Hall–Kier alpha value is -2.53. The van der Waals surface area contributed by atoms with Crippen LogP contribution in [-0.2, 0) is 11.3 Å². The Morgan fingerprint density at radius 3 is 2.22 bits per heavy atom. The van der Waals surface area contributed by atoms with Crippen LogP contribution in [0.15, 0.2) is 60.7 Å². The largest absolute Gasteiger partial charge is 0.467 e. The number of benzene rings is 2. The SMILES string of the molecule is N=C(C#Cc1ccccc1)OCc1ccccc1. The van der Waals surface area contributed by atoms with E-state index >= 15 is 0 Å². The van der Waals surface area contributed by atoms with E-state index < -0.39 is 0 Å². The fourth-order valence-corrected chi connectivity index (χ4v) is 1.42. The highest BCUT2D eigenvalue weighted by atomic mass is 16.5. The van der Waals surface area contributed by atoms with Gasteiger partial charge in [0.25, 0.3) is 5.90 Å². The monoisotopic (exact) mass is 235 g/mol. The average Bonchev–Trinajstić information content (AvgIpc) is 2.45. The number of ether oxygens (including phenoxy) is 1. The molecule has 0 heterocycles. The van der Waals surface area contributed by atoms with Gasteiger partial charge in [-0.25, -0.2) is 0 Å². The second-order valence-corrected chi connectivity index (χ2v) is 3.72. The summed E-state index contributed by atoms with van der Waals surface area (Å²) in [6.45, 7) is 0.378. The Balaban J connectivity index is 1.89. The molecule has 0 saturated heterocycles. The molecule has 0 aromatic heterocycles. The fraction of sp³-hybridized carbons (Fsp3) is 0.0625. The molecule has 2 aromatic carbocycles. The smallest absolute Gasteiger partial charge is 0.261 e. The lowest BCUT2D eigenvalue weighted by Gasteiger charge is -2.01. The Kier molecular flexibility index (Phi) is 4.16. The first-order valence-corrected chi connectivity index (χ1v) is 5.67. The van der Waals surface area contributed by atoms with Crippen molar-refractivity contribution in [1.29, 1.82) is 5.41 Å². The molecule has 2 nitrogen and oxygen atoms in total. The zero-order valence-electron chi connectivity index (χ0n) is 9.89. The van der Waals surface area contributed by atoms with Crippen molar-refractivity contribution >= 4 is 5.90 Å². The van der Waals surface area contributed by atoms with Gasteiger partial charge in [0.2, 0.25) is 0 Å². The Bertz CT molecular complexity index is 564. The molecule has 88 valence electrons. The van der Waals surface area contributed by atoms with E-state index in [0.29, 0.717) is 6.61 Å². The fourth-order valence-electron chi connectivity index (χ4n) is 1.42. The maximum Gasteiger partial charge on any atom is 0.261 e. The van der Waals surface area contributed by atoms with Gasteiger partial charge < -0.3 is 4.74 Å². The van der Waals surface area contributed by atoms with Crippen LogP contribution in [0.4, 0.5) is 0 Å². The van der Waals surface area contributed by atoms with Gasteiger partial charge in [-0.15, -0.1) is 0 Å². The zero-order valence-corrected chi connectivity index (χ0v) is 9.89. The van der Waals surface area contributed by atoms with Crippen LogP contribution in [0.5, 0.6) is 0 Å². The Labute approximate surface area is 107 Å². The first-order valence-electron chi connectivity index (χ1n) is 5.67. The van der Waals surface area contributed by atoms with Gasteiger partial charge in [0.05, 0.1) is 0 Å². The normalized spacial score (nSPS) is 9.11. The Morgan fingerprint density at radius 1 is 0.944 bits per heavy atom. The first kappa shape index (κ1) is 11.9. The van der Waals surface area contributed by atoms with E-state index in [1.807, 2.05) is 60.7 Å². The third-order valence-corrected chi connectivity index (χ3v) is 2.32. The molecule has 0 bridgehead atoms. The van der Waals surface area contributed by atoms with Crippen LogP contribution in [0.25, 0.3) is 0 Å². The van der Waals surface area contributed by atoms with E-state index in [0.717, 1.165) is 11.1 Å². The molecule has 0 fully saturated rings. The van der Waals surface area contributed by atoms with Crippen LogP contribution in [0.1, 0.15) is 11.1 Å². The van der Waals surface area contributed by atoms with E-state index in [4.69, 9.17) is 10.1 Å². The van der Waals surface area contributed by atoms with Crippen LogP contribution in [0, 0.1) is 17.3 Å². The third-order valence-electron chi connectivity index (χ3n) is 2.32. The molecule has 18 heavy (non-hydrogen) atoms. The standard InChI is InChI=1S/C16H13NO/c17-16(12-11-14-7-3-1-4-8-14)18-13-15-9-5-2-6-10-15/h1-10,17H,13H2. The van der Waals surface area contributed by atoms with E-state index in [1.54, 1.807) is 0 Å². The summed E-state index contributed by atoms with van der Waals surface area (Å²) in [6.07, 6.45) is 0. The van der Waals surface area contributed by atoms with Crippen molar-refractivity contribution in [2.45, 2.75) is 6.61 Å². The maximum absolute atomic E-state index is 7.59. The summed E-state index contributed by atoms with van der Waals surface area (Å²) in [5.74, 6) is 5.55. The molecule has 2 rings (SSSR count). The summed E-state index contributed by atoms with van der Waals surface area (Å²) in [5, 5.41) is 7.59. The van der Waals surface area contributed by atoms with Gasteiger partial charge in [-0.2, -0.15) is 0 Å². The molecule has 0 saturated carbocycles. The number of hydrogen-bond acceptors (Lipinski definition) is 2. The predicted molar refractivity (Wildman–Crippen MR) is 72.3 cm³/mol. The van der Waals surface area contributed by atoms with Crippen LogP contribution >= 0.6 is 0 Å². The van der Waals surface area contributed by atoms with Crippen molar-refractivity contribution in [1.82, 2.24) is 0 Å². The highest BCUT2D eigenvalue weighted by molar-refractivity contribution is 5.91. The molecule has 0 aliphatic heterocycles. The van der Waals surface area contributed by atoms with Crippen LogP contribution in [-0.4, -0.2) is 5.90 Å². The molecule has 0 amide bonds. The van der Waals surface area contributed by atoms with Gasteiger partial charge in [0.15, 0.2) is 0 Å². The summed E-state index contributed by atoms with van der Waals surface area (Å²) in [5.41, 5.74) is 1.91. The molecular formula is C16H13NO. The van der Waals surface area contributed by atoms with Gasteiger partial charge in [-0.3, -0.25) is 5.41 Å². The Morgan fingerprint density at radius 2 is 1.56 bits per heavy atom. The summed E-state index contributed by atoms with van der Waals surface area (Å²) in [6, 6.07) is 19.3. The first-order chi connectivity index (χ1) is 8.84. The van der Waals surface area contributed by atoms with E-state index in [-0.39, 0.29) is 5.90 Å². The minimum atomic E-state index is -0.0114. The van der Waals surface area contributed by atoms with Gasteiger partial charge in [-0.05, 0) is 23.6 Å². The number of hydrogen-bond donors (Lipinski definition) is 1. The van der Waals surface area contributed by atoms with Crippen molar-refractivity contribution in [2.24, 2.45) is 0 Å². The maximum atomic E-state index is 7.59. The van der Waals surface area contributed by atoms with Crippen molar-refractivity contribution in [3.8, 4) is 11.8 Å². The van der Waals surface area contributed by atoms with E-state index in [9.17, 15) is 0 Å². The van der Waals surface area contributed by atoms with Crippen molar-refractivity contribution in [3.05, 3.63) is 71.8 Å². The number of rotatable bonds is 2. The quantitative estimate of drug-likeness (QED) is 0.484. The molecule has 2 aromatic rings. The lowest BCUT2D eigenvalue weighted by atomic mass is 10.2. The van der Waals surface area contributed by atoms with Crippen molar-refractivity contribution in [3.63, 3.8) is 0 Å². The zero-order chi connectivity index (χ0) is 12.6. The van der Waals surface area contributed by atoms with Crippen molar-refractivity contribution in [2.75, 3.05) is 0 Å².